The van der Waals surface area contributed by atoms with Gasteiger partial charge in [0.1, 0.15) is 6.10 Å². The number of morpholine rings is 1. The van der Waals surface area contributed by atoms with E-state index in [1.807, 2.05) is 0 Å². The van der Waals surface area contributed by atoms with E-state index in [0.717, 1.165) is 13.2 Å². The standard InChI is InChI=1S/C5H8NO/c1-2-7-5-3-4(5)6-1/h4,6H,1-3H2. The molecule has 1 aliphatic heterocycles. The van der Waals surface area contributed by atoms with Gasteiger partial charge >= 0.3 is 0 Å². The Balaban J connectivity index is 1.95. The van der Waals surface area contributed by atoms with E-state index in [4.69, 9.17) is 4.74 Å². The van der Waals surface area contributed by atoms with Crippen molar-refractivity contribution in [2.24, 2.45) is 0 Å². The van der Waals surface area contributed by atoms with Crippen molar-refractivity contribution >= 4 is 0 Å². The first kappa shape index (κ1) is 3.87. The average molecular weight is 98.1 g/mol. The SMILES string of the molecule is C1CO[C]2CC2N1. The Morgan fingerprint density at radius 2 is 2.71 bits per heavy atom. The first-order valence-corrected chi connectivity index (χ1v) is 2.69. The van der Waals surface area contributed by atoms with E-state index in [9.17, 15) is 0 Å². The Morgan fingerprint density at radius 3 is 3.29 bits per heavy atom. The van der Waals surface area contributed by atoms with Crippen molar-refractivity contribution in [2.45, 2.75) is 12.5 Å². The highest BCUT2D eigenvalue weighted by atomic mass is 16.5. The van der Waals surface area contributed by atoms with E-state index >= 15 is 0 Å². The molecule has 0 aromatic heterocycles. The molecule has 1 radical (unpaired) electrons. The molecule has 1 N–H and O–H groups in total. The molecule has 0 spiro atoms. The van der Waals surface area contributed by atoms with Crippen molar-refractivity contribution in [2.75, 3.05) is 13.2 Å². The Morgan fingerprint density at radius 1 is 1.71 bits per heavy atom. The summed E-state index contributed by atoms with van der Waals surface area (Å²) in [5.74, 6) is 0. The third kappa shape index (κ3) is 0.545. The smallest absolute Gasteiger partial charge is 0.116 e. The monoisotopic (exact) mass is 98.1 g/mol. The number of fused-ring (bicyclic) bond motifs is 1. The van der Waals surface area contributed by atoms with Crippen molar-refractivity contribution in [3.8, 4) is 0 Å². The summed E-state index contributed by atoms with van der Waals surface area (Å²) in [5.41, 5.74) is 0. The summed E-state index contributed by atoms with van der Waals surface area (Å²) < 4.78 is 5.21. The molecule has 0 aromatic carbocycles. The largest absolute Gasteiger partial charge is 0.369 e. The second-order valence-corrected chi connectivity index (χ2v) is 2.03. The minimum absolute atomic E-state index is 0.647. The van der Waals surface area contributed by atoms with Crippen molar-refractivity contribution in [3.63, 3.8) is 0 Å². The predicted octanol–water partition coefficient (Wildman–Crippen LogP) is -0.0895. The maximum absolute atomic E-state index is 5.21. The summed E-state index contributed by atoms with van der Waals surface area (Å²) in [6.07, 6.45) is 2.44. The highest BCUT2D eigenvalue weighted by molar-refractivity contribution is 5.13. The minimum atomic E-state index is 0.647. The zero-order chi connectivity index (χ0) is 4.69. The van der Waals surface area contributed by atoms with E-state index in [1.54, 1.807) is 0 Å². The summed E-state index contributed by atoms with van der Waals surface area (Å²) in [6, 6.07) is 0.647. The van der Waals surface area contributed by atoms with Crippen LogP contribution >= 0.6 is 0 Å². The van der Waals surface area contributed by atoms with Gasteiger partial charge < -0.3 is 10.1 Å². The quantitative estimate of drug-likeness (QED) is 0.457. The van der Waals surface area contributed by atoms with Gasteiger partial charge in [-0.25, -0.2) is 0 Å². The molecule has 39 valence electrons. The summed E-state index contributed by atoms with van der Waals surface area (Å²) in [6.45, 7) is 1.92. The molecule has 1 atom stereocenters. The number of hydrogen-bond donors (Lipinski definition) is 1. The van der Waals surface area contributed by atoms with Crippen LogP contribution in [0.15, 0.2) is 0 Å². The lowest BCUT2D eigenvalue weighted by Crippen LogP contribution is -2.27. The molecule has 7 heavy (non-hydrogen) atoms. The predicted molar refractivity (Wildman–Crippen MR) is 25.6 cm³/mol. The van der Waals surface area contributed by atoms with Crippen LogP contribution in [0.5, 0.6) is 0 Å². The second kappa shape index (κ2) is 1.20. The third-order valence-electron chi connectivity index (χ3n) is 1.41. The summed E-state index contributed by atoms with van der Waals surface area (Å²) in [5, 5.41) is 3.29. The summed E-state index contributed by atoms with van der Waals surface area (Å²) in [7, 11) is 0. The fourth-order valence-corrected chi connectivity index (χ4v) is 0.903. The van der Waals surface area contributed by atoms with Gasteiger partial charge in [-0.05, 0) is 6.42 Å². The van der Waals surface area contributed by atoms with Crippen LogP contribution in [0.25, 0.3) is 0 Å². The number of hydrogen-bond acceptors (Lipinski definition) is 2. The highest BCUT2D eigenvalue weighted by Gasteiger charge is 2.41. The van der Waals surface area contributed by atoms with Gasteiger partial charge in [0.2, 0.25) is 0 Å². The first-order chi connectivity index (χ1) is 3.47. The molecule has 1 heterocycles. The van der Waals surface area contributed by atoms with Gasteiger partial charge in [-0.1, -0.05) is 0 Å². The van der Waals surface area contributed by atoms with Gasteiger partial charge in [-0.3, -0.25) is 0 Å². The third-order valence-corrected chi connectivity index (χ3v) is 1.41. The molecule has 2 rings (SSSR count). The first-order valence-electron chi connectivity index (χ1n) is 2.69. The van der Waals surface area contributed by atoms with Crippen LogP contribution in [-0.2, 0) is 4.74 Å². The highest BCUT2D eigenvalue weighted by Crippen LogP contribution is 2.35. The van der Waals surface area contributed by atoms with Gasteiger partial charge in [-0.15, -0.1) is 0 Å². The molecular weight excluding hydrogens is 90.1 g/mol. The Hall–Kier alpha value is -0.0800. The average Bonchev–Trinajstić information content (AvgIpc) is 2.41. The molecule has 1 unspecified atom stereocenters. The van der Waals surface area contributed by atoms with Crippen LogP contribution in [0.4, 0.5) is 0 Å². The zero-order valence-corrected chi connectivity index (χ0v) is 4.11. The van der Waals surface area contributed by atoms with E-state index in [-0.39, 0.29) is 0 Å². The summed E-state index contributed by atoms with van der Waals surface area (Å²) >= 11 is 0. The van der Waals surface area contributed by atoms with Gasteiger partial charge in [0.15, 0.2) is 0 Å². The number of nitrogens with one attached hydrogen (secondary N) is 1. The summed E-state index contributed by atoms with van der Waals surface area (Å²) in [4.78, 5) is 0. The fourth-order valence-electron chi connectivity index (χ4n) is 0.903. The van der Waals surface area contributed by atoms with Crippen molar-refractivity contribution in [3.05, 3.63) is 6.10 Å². The molecule has 2 fully saturated rings. The molecule has 1 saturated heterocycles. The minimum Gasteiger partial charge on any atom is -0.369 e. The van der Waals surface area contributed by atoms with Crippen LogP contribution in [-0.4, -0.2) is 19.2 Å². The van der Waals surface area contributed by atoms with Crippen LogP contribution < -0.4 is 5.32 Å². The van der Waals surface area contributed by atoms with E-state index < -0.39 is 0 Å². The number of rotatable bonds is 0. The van der Waals surface area contributed by atoms with E-state index in [1.165, 1.54) is 12.5 Å². The topological polar surface area (TPSA) is 21.3 Å². The molecule has 2 heteroatoms. The molecule has 0 bridgehead atoms. The fraction of sp³-hybridized carbons (Fsp3) is 0.800. The molecule has 2 nitrogen and oxygen atoms in total. The van der Waals surface area contributed by atoms with Crippen LogP contribution in [0.2, 0.25) is 0 Å². The molecule has 0 amide bonds. The molecule has 1 saturated carbocycles. The molecular formula is C5H8NO. The Bertz CT molecular complexity index is 74.1. The Kier molecular flexibility index (Phi) is 0.664. The van der Waals surface area contributed by atoms with Crippen LogP contribution in [0, 0.1) is 6.10 Å². The van der Waals surface area contributed by atoms with E-state index in [2.05, 4.69) is 5.32 Å². The number of ether oxygens (including phenoxy) is 1. The van der Waals surface area contributed by atoms with Crippen molar-refractivity contribution in [1.82, 2.24) is 5.32 Å². The lowest BCUT2D eigenvalue weighted by atomic mass is 10.5. The van der Waals surface area contributed by atoms with Crippen LogP contribution in [0.1, 0.15) is 6.42 Å². The normalized spacial score (nSPS) is 40.3. The lowest BCUT2D eigenvalue weighted by molar-refractivity contribution is 0.160. The van der Waals surface area contributed by atoms with Gasteiger partial charge in [0, 0.05) is 12.6 Å². The van der Waals surface area contributed by atoms with Crippen molar-refractivity contribution < 1.29 is 4.74 Å². The second-order valence-electron chi connectivity index (χ2n) is 2.03. The maximum atomic E-state index is 5.21. The molecule has 0 aromatic rings. The maximum Gasteiger partial charge on any atom is 0.116 e. The van der Waals surface area contributed by atoms with Gasteiger partial charge in [0.05, 0.1) is 6.61 Å². The Labute approximate surface area is 42.9 Å². The van der Waals surface area contributed by atoms with Crippen molar-refractivity contribution in [1.29, 1.82) is 0 Å². The zero-order valence-electron chi connectivity index (χ0n) is 4.11. The lowest BCUT2D eigenvalue weighted by Gasteiger charge is -2.09. The van der Waals surface area contributed by atoms with E-state index in [0.29, 0.717) is 6.04 Å². The van der Waals surface area contributed by atoms with Crippen LogP contribution in [0.3, 0.4) is 0 Å². The van der Waals surface area contributed by atoms with Gasteiger partial charge in [-0.2, -0.15) is 0 Å². The molecule has 1 aliphatic carbocycles. The molecule has 2 aliphatic rings. The van der Waals surface area contributed by atoms with Gasteiger partial charge in [0.25, 0.3) is 0 Å².